The molecule has 4 rings (SSSR count). The molecule has 5 heteroatoms. The first-order chi connectivity index (χ1) is 11.8. The molecule has 1 aliphatic rings. The van der Waals surface area contributed by atoms with Crippen molar-refractivity contribution in [2.45, 2.75) is 18.9 Å². The van der Waals surface area contributed by atoms with Gasteiger partial charge < -0.3 is 4.52 Å². The molecule has 1 unspecified atom stereocenters. The highest BCUT2D eigenvalue weighted by molar-refractivity contribution is 5.69. The summed E-state index contributed by atoms with van der Waals surface area (Å²) in [4.78, 5) is 6.23. The fraction of sp³-hybridized carbons (Fsp3) is 0.211. The average molecular weight is 316 g/mol. The quantitative estimate of drug-likeness (QED) is 0.683. The van der Waals surface area contributed by atoms with Gasteiger partial charge in [-0.15, -0.1) is 0 Å². The normalized spacial score (nSPS) is 17.0. The van der Waals surface area contributed by atoms with E-state index in [2.05, 4.69) is 40.6 Å². The summed E-state index contributed by atoms with van der Waals surface area (Å²) >= 11 is 0. The van der Waals surface area contributed by atoms with Crippen molar-refractivity contribution in [1.29, 1.82) is 5.26 Å². The van der Waals surface area contributed by atoms with E-state index in [1.54, 1.807) is 4.90 Å². The Hall–Kier alpha value is -3.13. The van der Waals surface area contributed by atoms with Crippen LogP contribution in [-0.2, 0) is 0 Å². The third-order valence-corrected chi connectivity index (χ3v) is 4.34. The molecule has 1 saturated heterocycles. The van der Waals surface area contributed by atoms with Gasteiger partial charge in [-0.1, -0.05) is 53.7 Å². The standard InChI is InChI=1S/C19H16N4O/c20-13-23-11-5-10-17(23)19-21-18(22-24-19)16-9-4-8-15(12-16)14-6-2-1-3-7-14/h1-4,6-9,12,17H,5,10-11H2. The van der Waals surface area contributed by atoms with Gasteiger partial charge in [0.05, 0.1) is 0 Å². The van der Waals surface area contributed by atoms with Crippen LogP contribution in [0.4, 0.5) is 0 Å². The fourth-order valence-corrected chi connectivity index (χ4v) is 3.10. The van der Waals surface area contributed by atoms with Crippen LogP contribution in [0.2, 0.25) is 0 Å². The predicted octanol–water partition coefficient (Wildman–Crippen LogP) is 4.02. The highest BCUT2D eigenvalue weighted by Crippen LogP contribution is 2.31. The lowest BCUT2D eigenvalue weighted by atomic mass is 10.0. The monoisotopic (exact) mass is 316 g/mol. The van der Waals surface area contributed by atoms with Gasteiger partial charge in [0.1, 0.15) is 6.04 Å². The second kappa shape index (κ2) is 6.17. The minimum Gasteiger partial charge on any atom is -0.337 e. The van der Waals surface area contributed by atoms with Crippen molar-refractivity contribution in [2.24, 2.45) is 0 Å². The lowest BCUT2D eigenvalue weighted by Crippen LogP contribution is -2.17. The van der Waals surface area contributed by atoms with Gasteiger partial charge in [-0.05, 0) is 30.0 Å². The molecule has 2 heterocycles. The van der Waals surface area contributed by atoms with Crippen molar-refractivity contribution in [1.82, 2.24) is 15.0 Å². The summed E-state index contributed by atoms with van der Waals surface area (Å²) in [6.45, 7) is 0.752. The van der Waals surface area contributed by atoms with Crippen molar-refractivity contribution < 1.29 is 4.52 Å². The largest absolute Gasteiger partial charge is 0.337 e. The maximum absolute atomic E-state index is 9.17. The minimum absolute atomic E-state index is 0.0893. The number of benzene rings is 2. The lowest BCUT2D eigenvalue weighted by molar-refractivity contribution is 0.274. The molecule has 2 aromatic carbocycles. The van der Waals surface area contributed by atoms with Crippen LogP contribution in [0.1, 0.15) is 24.8 Å². The highest BCUT2D eigenvalue weighted by Gasteiger charge is 2.30. The molecule has 0 N–H and O–H groups in total. The molecule has 5 nitrogen and oxygen atoms in total. The minimum atomic E-state index is -0.0893. The number of nitriles is 1. The molecular formula is C19H16N4O. The smallest absolute Gasteiger partial charge is 0.250 e. The van der Waals surface area contributed by atoms with E-state index >= 15 is 0 Å². The molecule has 3 aromatic rings. The number of rotatable bonds is 3. The first-order valence-electron chi connectivity index (χ1n) is 8.01. The zero-order chi connectivity index (χ0) is 16.4. The van der Waals surface area contributed by atoms with Crippen molar-refractivity contribution in [3.8, 4) is 28.7 Å². The number of hydrogen-bond acceptors (Lipinski definition) is 5. The van der Waals surface area contributed by atoms with Gasteiger partial charge >= 0.3 is 0 Å². The Kier molecular flexibility index (Phi) is 3.72. The van der Waals surface area contributed by atoms with Crippen LogP contribution >= 0.6 is 0 Å². The Morgan fingerprint density at radius 2 is 1.83 bits per heavy atom. The molecule has 1 fully saturated rings. The third-order valence-electron chi connectivity index (χ3n) is 4.34. The predicted molar refractivity (Wildman–Crippen MR) is 89.5 cm³/mol. The molecule has 0 radical (unpaired) electrons. The molecule has 0 bridgehead atoms. The molecule has 118 valence electrons. The van der Waals surface area contributed by atoms with Crippen molar-refractivity contribution in [2.75, 3.05) is 6.54 Å². The zero-order valence-electron chi connectivity index (χ0n) is 13.1. The summed E-state index contributed by atoms with van der Waals surface area (Å²) in [5, 5.41) is 13.3. The SMILES string of the molecule is N#CN1CCCC1c1nc(-c2cccc(-c3ccccc3)c2)no1. The van der Waals surface area contributed by atoms with E-state index in [4.69, 9.17) is 4.52 Å². The van der Waals surface area contributed by atoms with Gasteiger partial charge in [-0.2, -0.15) is 10.2 Å². The first kappa shape index (κ1) is 14.5. The Balaban J connectivity index is 1.65. The van der Waals surface area contributed by atoms with Crippen LogP contribution in [0, 0.1) is 11.5 Å². The summed E-state index contributed by atoms with van der Waals surface area (Å²) in [5.74, 6) is 1.08. The summed E-state index contributed by atoms with van der Waals surface area (Å²) in [6, 6.07) is 18.2. The van der Waals surface area contributed by atoms with E-state index in [0.717, 1.165) is 36.1 Å². The Bertz CT molecular complexity index is 882. The van der Waals surface area contributed by atoms with Gasteiger partial charge in [0.2, 0.25) is 11.7 Å². The van der Waals surface area contributed by atoms with Crippen molar-refractivity contribution in [3.63, 3.8) is 0 Å². The zero-order valence-corrected chi connectivity index (χ0v) is 13.1. The van der Waals surface area contributed by atoms with Crippen LogP contribution in [0.25, 0.3) is 22.5 Å². The lowest BCUT2D eigenvalue weighted by Gasteiger charge is -2.12. The van der Waals surface area contributed by atoms with Gasteiger partial charge in [-0.25, -0.2) is 0 Å². The van der Waals surface area contributed by atoms with Gasteiger partial charge in [0, 0.05) is 12.1 Å². The highest BCUT2D eigenvalue weighted by atomic mass is 16.5. The molecule has 1 aromatic heterocycles. The average Bonchev–Trinajstić information content (AvgIpc) is 3.31. The first-order valence-corrected chi connectivity index (χ1v) is 8.01. The van der Waals surface area contributed by atoms with E-state index in [9.17, 15) is 5.26 Å². The van der Waals surface area contributed by atoms with E-state index in [1.165, 1.54) is 0 Å². The third kappa shape index (κ3) is 2.63. The summed E-state index contributed by atoms with van der Waals surface area (Å²) in [5.41, 5.74) is 3.17. The molecular weight excluding hydrogens is 300 g/mol. The van der Waals surface area contributed by atoms with E-state index in [-0.39, 0.29) is 6.04 Å². The van der Waals surface area contributed by atoms with E-state index in [0.29, 0.717) is 11.7 Å². The maximum Gasteiger partial charge on any atom is 0.250 e. The summed E-state index contributed by atoms with van der Waals surface area (Å²) < 4.78 is 5.43. The fourth-order valence-electron chi connectivity index (χ4n) is 3.10. The van der Waals surface area contributed by atoms with Crippen LogP contribution in [0.15, 0.2) is 59.1 Å². The molecule has 1 aliphatic heterocycles. The molecule has 0 spiro atoms. The molecule has 0 saturated carbocycles. The van der Waals surface area contributed by atoms with Crippen LogP contribution in [-0.4, -0.2) is 21.6 Å². The number of likely N-dealkylation sites (tertiary alicyclic amines) is 1. The second-order valence-electron chi connectivity index (χ2n) is 5.85. The second-order valence-corrected chi connectivity index (χ2v) is 5.85. The topological polar surface area (TPSA) is 66.0 Å². The molecule has 0 amide bonds. The molecule has 1 atom stereocenters. The van der Waals surface area contributed by atoms with Crippen molar-refractivity contribution in [3.05, 3.63) is 60.5 Å². The molecule has 0 aliphatic carbocycles. The van der Waals surface area contributed by atoms with Crippen molar-refractivity contribution >= 4 is 0 Å². The number of hydrogen-bond donors (Lipinski definition) is 0. The maximum atomic E-state index is 9.17. The van der Waals surface area contributed by atoms with Crippen LogP contribution in [0.3, 0.4) is 0 Å². The van der Waals surface area contributed by atoms with Gasteiger partial charge in [-0.3, -0.25) is 4.90 Å². The van der Waals surface area contributed by atoms with Gasteiger partial charge in [0.15, 0.2) is 6.19 Å². The Morgan fingerprint density at radius 1 is 1.04 bits per heavy atom. The van der Waals surface area contributed by atoms with Crippen LogP contribution < -0.4 is 0 Å². The molecule has 24 heavy (non-hydrogen) atoms. The summed E-state index contributed by atoms with van der Waals surface area (Å²) in [6.07, 6.45) is 4.04. The van der Waals surface area contributed by atoms with Gasteiger partial charge in [0.25, 0.3) is 0 Å². The van der Waals surface area contributed by atoms with E-state index in [1.807, 2.05) is 30.3 Å². The Morgan fingerprint density at radius 3 is 2.67 bits per heavy atom. The number of nitrogens with zero attached hydrogens (tertiary/aromatic N) is 4. The summed E-state index contributed by atoms with van der Waals surface area (Å²) in [7, 11) is 0. The Labute approximate surface area is 140 Å². The van der Waals surface area contributed by atoms with Crippen LogP contribution in [0.5, 0.6) is 0 Å². The van der Waals surface area contributed by atoms with E-state index < -0.39 is 0 Å². The number of aromatic nitrogens is 2.